The number of hydrogen-bond donors (Lipinski definition) is 2. The second-order valence-corrected chi connectivity index (χ2v) is 3.65. The largest absolute Gasteiger partial charge is 0.495 e. The normalized spacial score (nSPS) is 12.0. The van der Waals surface area contributed by atoms with Gasteiger partial charge >= 0.3 is 0 Å². The minimum atomic E-state index is -0.653. The van der Waals surface area contributed by atoms with Crippen molar-refractivity contribution in [3.8, 4) is 5.75 Å². The van der Waals surface area contributed by atoms with E-state index >= 15 is 0 Å². The lowest BCUT2D eigenvalue weighted by Gasteiger charge is -2.15. The highest BCUT2D eigenvalue weighted by Crippen LogP contribution is 2.25. The molecule has 5 nitrogen and oxygen atoms in total. The van der Waals surface area contributed by atoms with Crippen molar-refractivity contribution >= 4 is 11.6 Å². The molecule has 0 spiro atoms. The fraction of sp³-hybridized carbons (Fsp3) is 0.417. The Labute approximate surface area is 101 Å². The lowest BCUT2D eigenvalue weighted by atomic mass is 10.2. The highest BCUT2D eigenvalue weighted by Gasteiger charge is 2.17. The van der Waals surface area contributed by atoms with Crippen LogP contribution in [0.4, 0.5) is 5.69 Å². The summed E-state index contributed by atoms with van der Waals surface area (Å²) < 4.78 is 10.1. The fourth-order valence-corrected chi connectivity index (χ4v) is 1.44. The van der Waals surface area contributed by atoms with Crippen LogP contribution in [0.25, 0.3) is 0 Å². The fourth-order valence-electron chi connectivity index (χ4n) is 1.44. The molecule has 3 N–H and O–H groups in total. The van der Waals surface area contributed by atoms with Gasteiger partial charge in [-0.15, -0.1) is 0 Å². The molecule has 0 aliphatic rings. The molecule has 1 unspecified atom stereocenters. The van der Waals surface area contributed by atoms with Crippen LogP contribution in [0.1, 0.15) is 5.56 Å². The third kappa shape index (κ3) is 3.44. The molecule has 1 rings (SSSR count). The van der Waals surface area contributed by atoms with Crippen LogP contribution in [0.2, 0.25) is 0 Å². The number of methoxy groups -OCH3 is 2. The number of carbonyl (C=O) groups excluding carboxylic acids is 1. The minimum absolute atomic E-state index is 0.135. The number of anilines is 1. The van der Waals surface area contributed by atoms with Crippen LogP contribution in [-0.2, 0) is 9.53 Å². The number of benzene rings is 1. The van der Waals surface area contributed by atoms with Crippen LogP contribution < -0.4 is 15.8 Å². The van der Waals surface area contributed by atoms with E-state index in [1.807, 2.05) is 19.1 Å². The van der Waals surface area contributed by atoms with Crippen LogP contribution in [0, 0.1) is 6.92 Å². The van der Waals surface area contributed by atoms with Crippen LogP contribution >= 0.6 is 0 Å². The van der Waals surface area contributed by atoms with Gasteiger partial charge in [0.05, 0.1) is 12.8 Å². The quantitative estimate of drug-likeness (QED) is 0.800. The first-order valence-electron chi connectivity index (χ1n) is 5.30. The number of carbonyl (C=O) groups is 1. The maximum Gasteiger partial charge on any atom is 0.254 e. The molecule has 0 radical (unpaired) electrons. The van der Waals surface area contributed by atoms with Gasteiger partial charge in [-0.05, 0) is 24.6 Å². The SMILES string of the molecule is COc1ccc(C)cc1NC(=O)C(CN)OC. The van der Waals surface area contributed by atoms with E-state index in [1.165, 1.54) is 7.11 Å². The standard InChI is InChI=1S/C12H18N2O3/c1-8-4-5-10(16-2)9(6-8)14-12(15)11(7-13)17-3/h4-6,11H,7,13H2,1-3H3,(H,14,15). The van der Waals surface area contributed by atoms with Crippen molar-refractivity contribution in [1.82, 2.24) is 0 Å². The van der Waals surface area contributed by atoms with Gasteiger partial charge in [0.25, 0.3) is 5.91 Å². The van der Waals surface area contributed by atoms with E-state index < -0.39 is 6.10 Å². The zero-order chi connectivity index (χ0) is 12.8. The van der Waals surface area contributed by atoms with E-state index in [-0.39, 0.29) is 12.5 Å². The van der Waals surface area contributed by atoms with Crippen molar-refractivity contribution < 1.29 is 14.3 Å². The second-order valence-electron chi connectivity index (χ2n) is 3.65. The molecule has 1 atom stereocenters. The molecule has 0 fully saturated rings. The summed E-state index contributed by atoms with van der Waals surface area (Å²) in [5.74, 6) is 0.328. The van der Waals surface area contributed by atoms with Gasteiger partial charge in [0.15, 0.2) is 0 Å². The summed E-state index contributed by atoms with van der Waals surface area (Å²) in [5, 5.41) is 2.74. The molecule has 0 saturated carbocycles. The van der Waals surface area contributed by atoms with Gasteiger partial charge in [0.1, 0.15) is 11.9 Å². The molecular weight excluding hydrogens is 220 g/mol. The number of rotatable bonds is 5. The predicted molar refractivity (Wildman–Crippen MR) is 66.2 cm³/mol. The summed E-state index contributed by atoms with van der Waals surface area (Å²) in [6.45, 7) is 2.07. The minimum Gasteiger partial charge on any atom is -0.495 e. The summed E-state index contributed by atoms with van der Waals surface area (Å²) >= 11 is 0. The molecular formula is C12H18N2O3. The number of amides is 1. The van der Waals surface area contributed by atoms with Crippen molar-refractivity contribution in [2.75, 3.05) is 26.1 Å². The van der Waals surface area contributed by atoms with Crippen LogP contribution in [0.3, 0.4) is 0 Å². The second kappa shape index (κ2) is 6.22. The Kier molecular flexibility index (Phi) is 4.93. The molecule has 0 aliphatic heterocycles. The first-order chi connectivity index (χ1) is 8.12. The lowest BCUT2D eigenvalue weighted by molar-refractivity contribution is -0.125. The number of aryl methyl sites for hydroxylation is 1. The van der Waals surface area contributed by atoms with Gasteiger partial charge in [-0.1, -0.05) is 6.07 Å². The van der Waals surface area contributed by atoms with Gasteiger partial charge in [-0.2, -0.15) is 0 Å². The number of nitrogens with one attached hydrogen (secondary N) is 1. The van der Waals surface area contributed by atoms with Gasteiger partial charge in [0, 0.05) is 13.7 Å². The zero-order valence-corrected chi connectivity index (χ0v) is 10.3. The third-order valence-corrected chi connectivity index (χ3v) is 2.40. The van der Waals surface area contributed by atoms with Crippen molar-refractivity contribution in [2.24, 2.45) is 5.73 Å². The van der Waals surface area contributed by atoms with E-state index in [1.54, 1.807) is 13.2 Å². The van der Waals surface area contributed by atoms with E-state index in [0.29, 0.717) is 11.4 Å². The van der Waals surface area contributed by atoms with Crippen LogP contribution in [-0.4, -0.2) is 32.8 Å². The molecule has 0 bridgehead atoms. The first-order valence-corrected chi connectivity index (χ1v) is 5.30. The van der Waals surface area contributed by atoms with Gasteiger partial charge < -0.3 is 20.5 Å². The van der Waals surface area contributed by atoms with Crippen molar-refractivity contribution in [3.05, 3.63) is 23.8 Å². The number of nitrogens with two attached hydrogens (primary N) is 1. The summed E-state index contributed by atoms with van der Waals surface area (Å²) in [6.07, 6.45) is -0.653. The van der Waals surface area contributed by atoms with E-state index in [2.05, 4.69) is 5.32 Å². The summed E-state index contributed by atoms with van der Waals surface area (Å²) in [5.41, 5.74) is 7.07. The van der Waals surface area contributed by atoms with Crippen LogP contribution in [0.15, 0.2) is 18.2 Å². The Morgan fingerprint density at radius 2 is 2.18 bits per heavy atom. The summed E-state index contributed by atoms with van der Waals surface area (Å²) in [4.78, 5) is 11.8. The Hall–Kier alpha value is -1.59. The molecule has 1 aromatic carbocycles. The topological polar surface area (TPSA) is 73.6 Å². The first kappa shape index (κ1) is 13.5. The van der Waals surface area contributed by atoms with Crippen molar-refractivity contribution in [3.63, 3.8) is 0 Å². The lowest BCUT2D eigenvalue weighted by Crippen LogP contribution is -2.36. The van der Waals surface area contributed by atoms with E-state index in [4.69, 9.17) is 15.2 Å². The van der Waals surface area contributed by atoms with Gasteiger partial charge in [-0.3, -0.25) is 4.79 Å². The summed E-state index contributed by atoms with van der Waals surface area (Å²) in [6, 6.07) is 5.54. The molecule has 94 valence electrons. The van der Waals surface area contributed by atoms with E-state index in [9.17, 15) is 4.79 Å². The van der Waals surface area contributed by atoms with Crippen molar-refractivity contribution in [1.29, 1.82) is 0 Å². The molecule has 1 amide bonds. The molecule has 0 aliphatic carbocycles. The Bertz CT molecular complexity index is 389. The number of ether oxygens (including phenoxy) is 2. The highest BCUT2D eigenvalue weighted by molar-refractivity contribution is 5.95. The average Bonchev–Trinajstić information content (AvgIpc) is 2.31. The molecule has 0 saturated heterocycles. The average molecular weight is 238 g/mol. The van der Waals surface area contributed by atoms with Gasteiger partial charge in [0.2, 0.25) is 0 Å². The molecule has 1 aromatic rings. The Morgan fingerprint density at radius 3 is 2.71 bits per heavy atom. The van der Waals surface area contributed by atoms with E-state index in [0.717, 1.165) is 5.56 Å². The van der Waals surface area contributed by atoms with Crippen LogP contribution in [0.5, 0.6) is 5.75 Å². The monoisotopic (exact) mass is 238 g/mol. The highest BCUT2D eigenvalue weighted by atomic mass is 16.5. The Balaban J connectivity index is 2.86. The maximum atomic E-state index is 11.8. The smallest absolute Gasteiger partial charge is 0.254 e. The molecule has 17 heavy (non-hydrogen) atoms. The van der Waals surface area contributed by atoms with Gasteiger partial charge in [-0.25, -0.2) is 0 Å². The molecule has 0 aromatic heterocycles. The number of hydrogen-bond acceptors (Lipinski definition) is 4. The molecule has 5 heteroatoms. The predicted octanol–water partition coefficient (Wildman–Crippen LogP) is 0.916. The third-order valence-electron chi connectivity index (χ3n) is 2.40. The maximum absolute atomic E-state index is 11.8. The Morgan fingerprint density at radius 1 is 1.47 bits per heavy atom. The summed E-state index contributed by atoms with van der Waals surface area (Å²) in [7, 11) is 3.00. The molecule has 0 heterocycles. The zero-order valence-electron chi connectivity index (χ0n) is 10.3. The van der Waals surface area contributed by atoms with Crippen molar-refractivity contribution in [2.45, 2.75) is 13.0 Å².